The van der Waals surface area contributed by atoms with E-state index in [-0.39, 0.29) is 5.92 Å². The van der Waals surface area contributed by atoms with E-state index < -0.39 is 0 Å². The normalized spacial score (nSPS) is 12.6. The molecule has 1 unspecified atom stereocenters. The molecule has 0 amide bonds. The molecule has 1 aromatic rings. The minimum absolute atomic E-state index is 0.255. The maximum absolute atomic E-state index is 10.6. The van der Waals surface area contributed by atoms with Crippen LogP contribution in [0.2, 0.25) is 0 Å². The highest BCUT2D eigenvalue weighted by Gasteiger charge is 2.16. The van der Waals surface area contributed by atoms with Gasteiger partial charge in [0.25, 0.3) is 0 Å². The van der Waals surface area contributed by atoms with E-state index in [0.717, 1.165) is 12.0 Å². The summed E-state index contributed by atoms with van der Waals surface area (Å²) in [6.07, 6.45) is 1.54. The van der Waals surface area contributed by atoms with Crippen LogP contribution in [-0.4, -0.2) is 13.4 Å². The van der Waals surface area contributed by atoms with E-state index in [1.165, 1.54) is 11.1 Å². The van der Waals surface area contributed by atoms with Crippen molar-refractivity contribution >= 4 is 6.29 Å². The van der Waals surface area contributed by atoms with E-state index in [1.807, 2.05) is 12.1 Å². The van der Waals surface area contributed by atoms with Crippen LogP contribution in [0.1, 0.15) is 50.2 Å². The zero-order chi connectivity index (χ0) is 12.1. The minimum atomic E-state index is 0.255. The number of hydrogen-bond acceptors (Lipinski definition) is 2. The third-order valence-corrected chi connectivity index (χ3v) is 2.88. The van der Waals surface area contributed by atoms with E-state index in [1.54, 1.807) is 7.11 Å². The van der Waals surface area contributed by atoms with Crippen molar-refractivity contribution in [2.75, 3.05) is 7.11 Å². The van der Waals surface area contributed by atoms with Gasteiger partial charge in [-0.05, 0) is 23.5 Å². The Labute approximate surface area is 97.6 Å². The Balaban J connectivity index is 3.21. The number of hydrogen-bond donors (Lipinski definition) is 0. The number of aldehydes is 1. The van der Waals surface area contributed by atoms with Crippen LogP contribution in [0.25, 0.3) is 0 Å². The van der Waals surface area contributed by atoms with Crippen molar-refractivity contribution in [3.8, 4) is 5.75 Å². The number of benzene rings is 1. The van der Waals surface area contributed by atoms with E-state index >= 15 is 0 Å². The van der Waals surface area contributed by atoms with E-state index in [0.29, 0.717) is 12.3 Å². The average Bonchev–Trinajstić information content (AvgIpc) is 2.28. The van der Waals surface area contributed by atoms with Gasteiger partial charge in [0.15, 0.2) is 0 Å². The molecule has 0 aliphatic carbocycles. The second-order valence-electron chi connectivity index (χ2n) is 4.42. The second-order valence-corrected chi connectivity index (χ2v) is 4.42. The van der Waals surface area contributed by atoms with Crippen molar-refractivity contribution in [2.45, 2.75) is 39.0 Å². The van der Waals surface area contributed by atoms with Crippen molar-refractivity contribution in [1.29, 1.82) is 0 Å². The Kier molecular flexibility index (Phi) is 4.53. The molecule has 0 saturated heterocycles. The van der Waals surface area contributed by atoms with E-state index in [2.05, 4.69) is 26.8 Å². The third kappa shape index (κ3) is 2.63. The Morgan fingerprint density at radius 1 is 1.31 bits per heavy atom. The summed E-state index contributed by atoms with van der Waals surface area (Å²) >= 11 is 0. The number of carbonyl (C=O) groups excluding carboxylic acids is 1. The summed E-state index contributed by atoms with van der Waals surface area (Å²) in [6.45, 7) is 6.37. The first-order valence-electron chi connectivity index (χ1n) is 5.72. The van der Waals surface area contributed by atoms with Crippen molar-refractivity contribution in [3.63, 3.8) is 0 Å². The molecule has 0 aromatic heterocycles. The summed E-state index contributed by atoms with van der Waals surface area (Å²) in [4.78, 5) is 10.6. The minimum Gasteiger partial charge on any atom is -0.496 e. The first kappa shape index (κ1) is 12.8. The third-order valence-electron chi connectivity index (χ3n) is 2.88. The van der Waals surface area contributed by atoms with Crippen molar-refractivity contribution in [3.05, 3.63) is 29.3 Å². The quantitative estimate of drug-likeness (QED) is 0.710. The predicted molar refractivity (Wildman–Crippen MR) is 66.2 cm³/mol. The zero-order valence-electron chi connectivity index (χ0n) is 10.5. The molecule has 0 radical (unpaired) electrons. The molecular weight excluding hydrogens is 200 g/mol. The van der Waals surface area contributed by atoms with Gasteiger partial charge in [0.2, 0.25) is 0 Å². The highest BCUT2D eigenvalue weighted by molar-refractivity contribution is 5.53. The second kappa shape index (κ2) is 5.69. The molecule has 2 nitrogen and oxygen atoms in total. The van der Waals surface area contributed by atoms with Crippen LogP contribution in [0.4, 0.5) is 0 Å². The van der Waals surface area contributed by atoms with Crippen LogP contribution in [0, 0.1) is 0 Å². The van der Waals surface area contributed by atoms with Gasteiger partial charge in [-0.1, -0.05) is 32.9 Å². The molecular formula is C14H20O2. The summed E-state index contributed by atoms with van der Waals surface area (Å²) in [7, 11) is 1.69. The van der Waals surface area contributed by atoms with Gasteiger partial charge in [0.1, 0.15) is 12.0 Å². The van der Waals surface area contributed by atoms with Gasteiger partial charge in [-0.2, -0.15) is 0 Å². The highest BCUT2D eigenvalue weighted by atomic mass is 16.5. The van der Waals surface area contributed by atoms with Gasteiger partial charge in [0.05, 0.1) is 7.11 Å². The van der Waals surface area contributed by atoms with Gasteiger partial charge in [-0.15, -0.1) is 0 Å². The fourth-order valence-electron chi connectivity index (χ4n) is 2.06. The van der Waals surface area contributed by atoms with Crippen molar-refractivity contribution in [1.82, 2.24) is 0 Å². The lowest BCUT2D eigenvalue weighted by molar-refractivity contribution is -0.108. The summed E-state index contributed by atoms with van der Waals surface area (Å²) in [5.41, 5.74) is 2.45. The van der Waals surface area contributed by atoms with Crippen molar-refractivity contribution < 1.29 is 9.53 Å². The molecule has 0 bridgehead atoms. The molecule has 0 heterocycles. The molecule has 88 valence electrons. The molecule has 0 spiro atoms. The molecule has 0 aliphatic rings. The van der Waals surface area contributed by atoms with Crippen LogP contribution in [-0.2, 0) is 4.79 Å². The summed E-state index contributed by atoms with van der Waals surface area (Å²) < 4.78 is 5.39. The van der Waals surface area contributed by atoms with Crippen LogP contribution >= 0.6 is 0 Å². The lowest BCUT2D eigenvalue weighted by atomic mass is 9.88. The summed E-state index contributed by atoms with van der Waals surface area (Å²) in [5.74, 6) is 1.58. The number of rotatable bonds is 5. The van der Waals surface area contributed by atoms with Gasteiger partial charge in [-0.3, -0.25) is 0 Å². The summed E-state index contributed by atoms with van der Waals surface area (Å²) in [5, 5.41) is 0. The predicted octanol–water partition coefficient (Wildman–Crippen LogP) is 3.51. The van der Waals surface area contributed by atoms with E-state index in [9.17, 15) is 4.79 Å². The number of carbonyl (C=O) groups is 1. The van der Waals surface area contributed by atoms with Gasteiger partial charge < -0.3 is 9.53 Å². The summed E-state index contributed by atoms with van der Waals surface area (Å²) in [6, 6.07) is 6.06. The Bertz CT molecular complexity index is 356. The molecule has 1 atom stereocenters. The van der Waals surface area contributed by atoms with Gasteiger partial charge in [0, 0.05) is 12.0 Å². The Morgan fingerprint density at radius 3 is 2.50 bits per heavy atom. The average molecular weight is 220 g/mol. The standard InChI is InChI=1S/C14H20O2/c1-10(2)14-12(11(3)8-9-15)6-5-7-13(14)16-4/h5-7,9-11H,8H2,1-4H3. The van der Waals surface area contributed by atoms with Crippen molar-refractivity contribution in [2.24, 2.45) is 0 Å². The Morgan fingerprint density at radius 2 is 2.00 bits per heavy atom. The maximum Gasteiger partial charge on any atom is 0.122 e. The fraction of sp³-hybridized carbons (Fsp3) is 0.500. The van der Waals surface area contributed by atoms with Gasteiger partial charge >= 0.3 is 0 Å². The van der Waals surface area contributed by atoms with Gasteiger partial charge in [-0.25, -0.2) is 0 Å². The molecule has 16 heavy (non-hydrogen) atoms. The van der Waals surface area contributed by atoms with E-state index in [4.69, 9.17) is 4.74 Å². The highest BCUT2D eigenvalue weighted by Crippen LogP contribution is 2.34. The van der Waals surface area contributed by atoms with Crippen LogP contribution in [0.3, 0.4) is 0 Å². The topological polar surface area (TPSA) is 26.3 Å². The Hall–Kier alpha value is -1.31. The first-order valence-corrected chi connectivity index (χ1v) is 5.72. The largest absolute Gasteiger partial charge is 0.496 e. The molecule has 1 rings (SSSR count). The zero-order valence-corrected chi connectivity index (χ0v) is 10.5. The fourth-order valence-corrected chi connectivity index (χ4v) is 2.06. The number of methoxy groups -OCH3 is 1. The monoisotopic (exact) mass is 220 g/mol. The van der Waals surface area contributed by atoms with Crippen LogP contribution in [0.5, 0.6) is 5.75 Å². The lowest BCUT2D eigenvalue weighted by Crippen LogP contribution is -2.04. The molecule has 0 saturated carbocycles. The van der Waals surface area contributed by atoms with Crippen LogP contribution < -0.4 is 4.74 Å². The maximum atomic E-state index is 10.6. The molecule has 0 N–H and O–H groups in total. The number of ether oxygens (including phenoxy) is 1. The molecule has 0 aliphatic heterocycles. The molecule has 2 heteroatoms. The SMILES string of the molecule is COc1cccc(C(C)CC=O)c1C(C)C. The van der Waals surface area contributed by atoms with Crippen LogP contribution in [0.15, 0.2) is 18.2 Å². The smallest absolute Gasteiger partial charge is 0.122 e. The lowest BCUT2D eigenvalue weighted by Gasteiger charge is -2.20. The molecule has 0 fully saturated rings. The molecule has 1 aromatic carbocycles. The first-order chi connectivity index (χ1) is 7.61.